The minimum atomic E-state index is 0.178. The predicted molar refractivity (Wildman–Crippen MR) is 56.5 cm³/mol. The Labute approximate surface area is 84.5 Å². The summed E-state index contributed by atoms with van der Waals surface area (Å²) in [5, 5.41) is 0. The number of likely N-dealkylation sites (N-methyl/N-ethyl adjacent to an activating group) is 1. The van der Waals surface area contributed by atoms with Gasteiger partial charge < -0.3 is 4.90 Å². The molecule has 0 spiro atoms. The molecule has 2 rings (SSSR count). The van der Waals surface area contributed by atoms with Crippen molar-refractivity contribution in [2.24, 2.45) is 0 Å². The highest BCUT2D eigenvalue weighted by Crippen LogP contribution is 2.21. The van der Waals surface area contributed by atoms with Crippen molar-refractivity contribution in [3.05, 3.63) is 34.9 Å². The maximum Gasteiger partial charge on any atom is 0.160 e. The van der Waals surface area contributed by atoms with Gasteiger partial charge in [0.1, 0.15) is 0 Å². The first-order valence-corrected chi connectivity index (χ1v) is 4.98. The lowest BCUT2D eigenvalue weighted by molar-refractivity contribution is 0.101. The van der Waals surface area contributed by atoms with E-state index in [1.807, 2.05) is 12.1 Å². The summed E-state index contributed by atoms with van der Waals surface area (Å²) >= 11 is 0. The number of nitrogens with zero attached hydrogens (tertiary/aromatic N) is 1. The molecule has 0 aromatic heterocycles. The molecule has 0 aliphatic carbocycles. The van der Waals surface area contributed by atoms with Crippen molar-refractivity contribution in [1.29, 1.82) is 0 Å². The van der Waals surface area contributed by atoms with E-state index >= 15 is 0 Å². The fraction of sp³-hybridized carbons (Fsp3) is 0.417. The second kappa shape index (κ2) is 3.54. The molecule has 0 saturated carbocycles. The molecule has 0 radical (unpaired) electrons. The molecule has 0 unspecified atom stereocenters. The second-order valence-corrected chi connectivity index (χ2v) is 3.99. The molecule has 1 aliphatic heterocycles. The van der Waals surface area contributed by atoms with Gasteiger partial charge in [-0.1, -0.05) is 18.2 Å². The summed E-state index contributed by atoms with van der Waals surface area (Å²) in [5.41, 5.74) is 3.47. The third-order valence-corrected chi connectivity index (χ3v) is 2.84. The first-order chi connectivity index (χ1) is 6.68. The Kier molecular flexibility index (Phi) is 2.38. The summed E-state index contributed by atoms with van der Waals surface area (Å²) < 4.78 is 0. The molecule has 14 heavy (non-hydrogen) atoms. The Hall–Kier alpha value is -1.15. The van der Waals surface area contributed by atoms with Crippen LogP contribution in [0.5, 0.6) is 0 Å². The zero-order valence-electron chi connectivity index (χ0n) is 8.71. The second-order valence-electron chi connectivity index (χ2n) is 3.99. The van der Waals surface area contributed by atoms with Crippen molar-refractivity contribution in [2.45, 2.75) is 19.9 Å². The first-order valence-electron chi connectivity index (χ1n) is 4.98. The highest BCUT2D eigenvalue weighted by Gasteiger charge is 2.17. The van der Waals surface area contributed by atoms with E-state index < -0.39 is 0 Å². The zero-order chi connectivity index (χ0) is 10.1. The molecule has 0 saturated heterocycles. The van der Waals surface area contributed by atoms with E-state index in [0.29, 0.717) is 0 Å². The van der Waals surface area contributed by atoms with Crippen molar-refractivity contribution < 1.29 is 4.79 Å². The van der Waals surface area contributed by atoms with Crippen LogP contribution in [-0.4, -0.2) is 24.3 Å². The van der Waals surface area contributed by atoms with Gasteiger partial charge in [0.15, 0.2) is 5.78 Å². The molecule has 0 bridgehead atoms. The van der Waals surface area contributed by atoms with Crippen molar-refractivity contribution in [3.63, 3.8) is 0 Å². The molecule has 1 aromatic rings. The molecule has 1 aromatic carbocycles. The Balaban J connectivity index is 2.48. The molecule has 2 nitrogen and oxygen atoms in total. The van der Waals surface area contributed by atoms with Gasteiger partial charge in [0.05, 0.1) is 0 Å². The van der Waals surface area contributed by atoms with Gasteiger partial charge in [0.2, 0.25) is 0 Å². The van der Waals surface area contributed by atoms with Crippen LogP contribution < -0.4 is 0 Å². The standard InChI is InChI=1S/C12H15NO/c1-9(14)11-5-3-4-10-6-7-13(2)8-12(10)11/h3-5H,6-8H2,1-2H3. The molecule has 1 aliphatic rings. The van der Waals surface area contributed by atoms with Crippen LogP contribution in [0.4, 0.5) is 0 Å². The van der Waals surface area contributed by atoms with Crippen LogP contribution >= 0.6 is 0 Å². The Morgan fingerprint density at radius 3 is 2.93 bits per heavy atom. The van der Waals surface area contributed by atoms with Gasteiger partial charge in [-0.2, -0.15) is 0 Å². The average Bonchev–Trinajstić information content (AvgIpc) is 2.16. The average molecular weight is 189 g/mol. The third kappa shape index (κ3) is 1.58. The highest BCUT2D eigenvalue weighted by molar-refractivity contribution is 5.95. The number of hydrogen-bond donors (Lipinski definition) is 0. The van der Waals surface area contributed by atoms with E-state index in [1.165, 1.54) is 11.1 Å². The topological polar surface area (TPSA) is 20.3 Å². The van der Waals surface area contributed by atoms with Crippen molar-refractivity contribution in [2.75, 3.05) is 13.6 Å². The normalized spacial score (nSPS) is 16.4. The Bertz CT molecular complexity index is 371. The lowest BCUT2D eigenvalue weighted by Gasteiger charge is -2.26. The molecule has 0 atom stereocenters. The summed E-state index contributed by atoms with van der Waals surface area (Å²) in [6, 6.07) is 6.05. The maximum atomic E-state index is 11.4. The fourth-order valence-corrected chi connectivity index (χ4v) is 2.05. The molecule has 2 heteroatoms. The lowest BCUT2D eigenvalue weighted by Crippen LogP contribution is -2.27. The van der Waals surface area contributed by atoms with E-state index in [9.17, 15) is 4.79 Å². The van der Waals surface area contributed by atoms with Crippen molar-refractivity contribution >= 4 is 5.78 Å². The van der Waals surface area contributed by atoms with Crippen LogP contribution in [0.1, 0.15) is 28.4 Å². The number of Topliss-reactive ketones (excluding diaryl/α,β-unsaturated/α-hetero) is 1. The van der Waals surface area contributed by atoms with Gasteiger partial charge in [-0.15, -0.1) is 0 Å². The summed E-state index contributed by atoms with van der Waals surface area (Å²) in [6.45, 7) is 3.64. The predicted octanol–water partition coefficient (Wildman–Crippen LogP) is 1.88. The molecular weight excluding hydrogens is 174 g/mol. The van der Waals surface area contributed by atoms with E-state index in [1.54, 1.807) is 6.92 Å². The fourth-order valence-electron chi connectivity index (χ4n) is 2.05. The van der Waals surface area contributed by atoms with Gasteiger partial charge in [0, 0.05) is 18.7 Å². The van der Waals surface area contributed by atoms with Crippen LogP contribution in [0.15, 0.2) is 18.2 Å². The minimum Gasteiger partial charge on any atom is -0.302 e. The molecule has 74 valence electrons. The summed E-state index contributed by atoms with van der Waals surface area (Å²) in [7, 11) is 2.10. The van der Waals surface area contributed by atoms with Crippen LogP contribution in [0, 0.1) is 0 Å². The minimum absolute atomic E-state index is 0.178. The molecule has 0 fully saturated rings. The number of carbonyl (C=O) groups is 1. The van der Waals surface area contributed by atoms with Crippen LogP contribution in [-0.2, 0) is 13.0 Å². The summed E-state index contributed by atoms with van der Waals surface area (Å²) in [6.07, 6.45) is 1.06. The molecule has 1 heterocycles. The Morgan fingerprint density at radius 2 is 2.21 bits per heavy atom. The van der Waals surface area contributed by atoms with Gasteiger partial charge in [-0.25, -0.2) is 0 Å². The molecular formula is C12H15NO. The molecule has 0 N–H and O–H groups in total. The SMILES string of the molecule is CC(=O)c1cccc2c1CN(C)CC2. The smallest absolute Gasteiger partial charge is 0.160 e. The Morgan fingerprint density at radius 1 is 1.43 bits per heavy atom. The van der Waals surface area contributed by atoms with Crippen LogP contribution in [0.3, 0.4) is 0 Å². The summed E-state index contributed by atoms with van der Waals surface area (Å²) in [4.78, 5) is 13.7. The number of fused-ring (bicyclic) bond motifs is 1. The van der Waals surface area contributed by atoms with Crippen LogP contribution in [0.25, 0.3) is 0 Å². The quantitative estimate of drug-likeness (QED) is 0.629. The number of benzene rings is 1. The maximum absolute atomic E-state index is 11.4. The molecule has 0 amide bonds. The summed E-state index contributed by atoms with van der Waals surface area (Å²) in [5.74, 6) is 0.178. The largest absolute Gasteiger partial charge is 0.302 e. The van der Waals surface area contributed by atoms with Crippen molar-refractivity contribution in [3.8, 4) is 0 Å². The lowest BCUT2D eigenvalue weighted by atomic mass is 9.93. The first kappa shape index (κ1) is 9.41. The van der Waals surface area contributed by atoms with E-state index in [0.717, 1.165) is 25.1 Å². The van der Waals surface area contributed by atoms with E-state index in [-0.39, 0.29) is 5.78 Å². The van der Waals surface area contributed by atoms with Gasteiger partial charge in [-0.3, -0.25) is 4.79 Å². The monoisotopic (exact) mass is 189 g/mol. The van der Waals surface area contributed by atoms with E-state index in [2.05, 4.69) is 18.0 Å². The van der Waals surface area contributed by atoms with Crippen LogP contribution in [0.2, 0.25) is 0 Å². The number of hydrogen-bond acceptors (Lipinski definition) is 2. The highest BCUT2D eigenvalue weighted by atomic mass is 16.1. The number of carbonyl (C=O) groups excluding carboxylic acids is 1. The van der Waals surface area contributed by atoms with Gasteiger partial charge in [-0.05, 0) is 31.5 Å². The third-order valence-electron chi connectivity index (χ3n) is 2.84. The van der Waals surface area contributed by atoms with Crippen molar-refractivity contribution in [1.82, 2.24) is 4.90 Å². The number of ketones is 1. The van der Waals surface area contributed by atoms with Gasteiger partial charge >= 0.3 is 0 Å². The number of rotatable bonds is 1. The zero-order valence-corrected chi connectivity index (χ0v) is 8.71. The van der Waals surface area contributed by atoms with E-state index in [4.69, 9.17) is 0 Å². The van der Waals surface area contributed by atoms with Gasteiger partial charge in [0.25, 0.3) is 0 Å².